The summed E-state index contributed by atoms with van der Waals surface area (Å²) in [4.78, 5) is 14.4. The van der Waals surface area contributed by atoms with Gasteiger partial charge in [0.15, 0.2) is 5.03 Å². The summed E-state index contributed by atoms with van der Waals surface area (Å²) in [7, 11) is 0. The lowest BCUT2D eigenvalue weighted by Crippen LogP contribution is -2.77. The van der Waals surface area contributed by atoms with Gasteiger partial charge in [-0.1, -0.05) is 41.0 Å². The van der Waals surface area contributed by atoms with E-state index in [0.717, 1.165) is 30.2 Å². The number of quaternary nitrogens is 1. The molecule has 2 aliphatic heterocycles. The molecule has 3 N–H and O–H groups in total. The van der Waals surface area contributed by atoms with Crippen LogP contribution in [0.15, 0.2) is 41.1 Å². The Labute approximate surface area is 174 Å². The number of amides is 1. The predicted octanol–water partition coefficient (Wildman–Crippen LogP) is 2.37. The van der Waals surface area contributed by atoms with E-state index in [-0.39, 0.29) is 12.0 Å². The van der Waals surface area contributed by atoms with Crippen molar-refractivity contribution in [3.8, 4) is 0 Å². The van der Waals surface area contributed by atoms with Crippen LogP contribution in [0.4, 0.5) is 0 Å². The molecule has 0 bridgehead atoms. The molecule has 0 aliphatic carbocycles. The topological polar surface area (TPSA) is 58.2 Å². The molecule has 2 heterocycles. The first-order valence-corrected chi connectivity index (χ1v) is 10.6. The molecule has 5 nitrogen and oxygen atoms in total. The second kappa shape index (κ2) is 9.96. The van der Waals surface area contributed by atoms with Crippen molar-refractivity contribution in [1.82, 2.24) is 10.2 Å². The quantitative estimate of drug-likeness (QED) is 0.699. The molecule has 1 aromatic rings. The van der Waals surface area contributed by atoms with E-state index in [1.54, 1.807) is 11.8 Å². The largest absolute Gasteiger partial charge is 0.374 e. The lowest BCUT2D eigenvalue weighted by molar-refractivity contribution is -0.537. The van der Waals surface area contributed by atoms with Gasteiger partial charge in [-0.05, 0) is 17.7 Å². The van der Waals surface area contributed by atoms with Crippen molar-refractivity contribution in [2.45, 2.75) is 19.6 Å². The van der Waals surface area contributed by atoms with Gasteiger partial charge in [0.1, 0.15) is 5.70 Å². The van der Waals surface area contributed by atoms with Crippen LogP contribution in [0, 0.1) is 0 Å². The Morgan fingerprint density at radius 2 is 2.22 bits per heavy atom. The third-order valence-corrected chi connectivity index (χ3v) is 6.12. The molecule has 1 aromatic carbocycles. The van der Waals surface area contributed by atoms with Gasteiger partial charge in [-0.15, -0.1) is 0 Å². The zero-order chi connectivity index (χ0) is 19.2. The first-order valence-electron chi connectivity index (χ1n) is 8.90. The molecule has 0 aromatic heterocycles. The molecule has 0 saturated carbocycles. The number of halogens is 2. The lowest BCUT2D eigenvalue weighted by Gasteiger charge is -2.33. The third kappa shape index (κ3) is 6.52. The minimum Gasteiger partial charge on any atom is -0.374 e. The van der Waals surface area contributed by atoms with E-state index < -0.39 is 0 Å². The number of morpholine rings is 1. The first kappa shape index (κ1) is 20.7. The monoisotopic (exact) mass is 428 g/mol. The predicted molar refractivity (Wildman–Crippen MR) is 111 cm³/mol. The van der Waals surface area contributed by atoms with Gasteiger partial charge < -0.3 is 10.1 Å². The number of carbonyl (C=O) groups excluding carboxylic acids is 1. The van der Waals surface area contributed by atoms with Crippen molar-refractivity contribution in [3.05, 3.63) is 56.7 Å². The molecular weight excluding hydrogens is 405 g/mol. The number of carbonyl (C=O) groups is 1. The molecule has 1 amide bonds. The number of ether oxygens (including phenoxy) is 1. The summed E-state index contributed by atoms with van der Waals surface area (Å²) in [5.74, 6) is 0.451. The van der Waals surface area contributed by atoms with Crippen LogP contribution in [0.25, 0.3) is 0 Å². The van der Waals surface area contributed by atoms with Gasteiger partial charge in [-0.25, -0.2) is 0 Å². The van der Waals surface area contributed by atoms with Crippen molar-refractivity contribution in [2.24, 2.45) is 0 Å². The highest BCUT2D eigenvalue weighted by Gasteiger charge is 2.21. The number of nitrogens with one attached hydrogen (secondary N) is 1. The Morgan fingerprint density at radius 3 is 2.96 bits per heavy atom. The normalized spacial score (nSPS) is 20.3. The van der Waals surface area contributed by atoms with Gasteiger partial charge in [0, 0.05) is 45.3 Å². The summed E-state index contributed by atoms with van der Waals surface area (Å²) in [5, 5.41) is 7.34. The molecule has 0 radical (unpaired) electrons. The molecular formula is C19H24Cl2N3O2S+. The zero-order valence-corrected chi connectivity index (χ0v) is 17.5. The van der Waals surface area contributed by atoms with Crippen LogP contribution in [0.3, 0.4) is 0 Å². The van der Waals surface area contributed by atoms with Gasteiger partial charge in [-0.3, -0.25) is 15.0 Å². The summed E-state index contributed by atoms with van der Waals surface area (Å²) in [5.41, 5.74) is 2.34. The van der Waals surface area contributed by atoms with E-state index >= 15 is 0 Å². The number of allylic oxidation sites excluding steroid dienone is 3. The van der Waals surface area contributed by atoms with Crippen molar-refractivity contribution < 1.29 is 14.8 Å². The van der Waals surface area contributed by atoms with Gasteiger partial charge in [0.2, 0.25) is 5.91 Å². The molecule has 27 heavy (non-hydrogen) atoms. The fourth-order valence-corrected chi connectivity index (χ4v) is 4.15. The molecule has 1 unspecified atom stereocenters. The van der Waals surface area contributed by atoms with Gasteiger partial charge in [-0.2, -0.15) is 0 Å². The number of benzene rings is 1. The second-order valence-electron chi connectivity index (χ2n) is 6.69. The highest BCUT2D eigenvalue weighted by Crippen LogP contribution is 2.23. The van der Waals surface area contributed by atoms with Crippen LogP contribution >= 0.6 is 35.0 Å². The summed E-state index contributed by atoms with van der Waals surface area (Å²) in [6, 6.07) is 5.71. The van der Waals surface area contributed by atoms with E-state index in [1.165, 1.54) is 5.70 Å². The van der Waals surface area contributed by atoms with Crippen LogP contribution in [-0.4, -0.2) is 48.9 Å². The highest BCUT2D eigenvalue weighted by atomic mass is 35.5. The Bertz CT molecular complexity index is 754. The maximum absolute atomic E-state index is 12.1. The fourth-order valence-electron chi connectivity index (χ4n) is 3.00. The molecule has 0 spiro atoms. The molecule has 1 fully saturated rings. The fraction of sp³-hybridized carbons (Fsp3) is 0.421. The maximum atomic E-state index is 12.1. The van der Waals surface area contributed by atoms with Crippen molar-refractivity contribution in [1.29, 1.82) is 0 Å². The molecule has 3 rings (SSSR count). The summed E-state index contributed by atoms with van der Waals surface area (Å²) < 4.78 is 5.79. The van der Waals surface area contributed by atoms with E-state index in [2.05, 4.69) is 21.6 Å². The summed E-state index contributed by atoms with van der Waals surface area (Å²) >= 11 is 13.6. The lowest BCUT2D eigenvalue weighted by atomic mass is 10.2. The Morgan fingerprint density at radius 1 is 1.37 bits per heavy atom. The SMILES string of the molecule is CC1=CC=C(SCC(=O)NCC2CN(Cc3ccc(Cl)c(Cl)c3)CCO2)[NH2+]1. The number of nitrogens with zero attached hydrogens (tertiary/aromatic N) is 1. The van der Waals surface area contributed by atoms with Crippen LogP contribution in [0.5, 0.6) is 0 Å². The van der Waals surface area contributed by atoms with Crippen LogP contribution < -0.4 is 10.6 Å². The van der Waals surface area contributed by atoms with Crippen molar-refractivity contribution >= 4 is 40.9 Å². The Kier molecular flexibility index (Phi) is 7.64. The minimum absolute atomic E-state index is 0.00311. The average molecular weight is 429 g/mol. The zero-order valence-electron chi connectivity index (χ0n) is 15.2. The maximum Gasteiger partial charge on any atom is 0.230 e. The Balaban J connectivity index is 1.39. The van der Waals surface area contributed by atoms with Gasteiger partial charge in [0.25, 0.3) is 0 Å². The van der Waals surface area contributed by atoms with Crippen LogP contribution in [-0.2, 0) is 16.1 Å². The number of hydrogen-bond acceptors (Lipinski definition) is 4. The van der Waals surface area contributed by atoms with Crippen LogP contribution in [0.2, 0.25) is 10.0 Å². The summed E-state index contributed by atoms with van der Waals surface area (Å²) in [6.07, 6.45) is 4.09. The van der Waals surface area contributed by atoms with Crippen molar-refractivity contribution in [3.63, 3.8) is 0 Å². The van der Waals surface area contributed by atoms with E-state index in [4.69, 9.17) is 27.9 Å². The van der Waals surface area contributed by atoms with E-state index in [0.29, 0.717) is 28.9 Å². The Hall–Kier alpha value is -1.02. The summed E-state index contributed by atoms with van der Waals surface area (Å²) in [6.45, 7) is 5.65. The second-order valence-corrected chi connectivity index (χ2v) is 8.56. The molecule has 2 aliphatic rings. The molecule has 8 heteroatoms. The highest BCUT2D eigenvalue weighted by molar-refractivity contribution is 8.03. The van der Waals surface area contributed by atoms with Crippen molar-refractivity contribution in [2.75, 3.05) is 32.0 Å². The molecule has 1 saturated heterocycles. The number of thioether (sulfide) groups is 1. The van der Waals surface area contributed by atoms with Crippen LogP contribution in [0.1, 0.15) is 12.5 Å². The van der Waals surface area contributed by atoms with Gasteiger partial charge in [0.05, 0.1) is 28.5 Å². The average Bonchev–Trinajstić information content (AvgIpc) is 3.07. The van der Waals surface area contributed by atoms with E-state index in [1.807, 2.05) is 31.2 Å². The van der Waals surface area contributed by atoms with E-state index in [9.17, 15) is 4.79 Å². The standard InChI is InChI=1S/C19H23Cl2N3O2S/c1-13-2-5-19(23-13)27-12-18(25)22-9-15-11-24(6-7-26-15)10-14-3-4-16(20)17(21)8-14/h2-5,8,15,23H,6-7,9-12H2,1H3,(H,22,25)/p+1. The molecule has 146 valence electrons. The smallest absolute Gasteiger partial charge is 0.230 e. The minimum atomic E-state index is -0.00311. The third-order valence-electron chi connectivity index (χ3n) is 4.39. The molecule has 1 atom stereocenters. The number of nitrogens with two attached hydrogens (primary N) is 1. The number of hydrogen-bond donors (Lipinski definition) is 2. The first-order chi connectivity index (χ1) is 13.0. The van der Waals surface area contributed by atoms with Gasteiger partial charge >= 0.3 is 0 Å². The number of rotatable bonds is 7.